The quantitative estimate of drug-likeness (QED) is 0.788. The Morgan fingerprint density at radius 2 is 1.88 bits per heavy atom. The summed E-state index contributed by atoms with van der Waals surface area (Å²) in [5.74, 6) is 0. The van der Waals surface area contributed by atoms with Crippen molar-refractivity contribution in [2.75, 3.05) is 31.2 Å². The van der Waals surface area contributed by atoms with Crippen molar-refractivity contribution < 1.29 is 4.74 Å². The van der Waals surface area contributed by atoms with E-state index in [1.807, 2.05) is 0 Å². The van der Waals surface area contributed by atoms with Crippen LogP contribution in [0.4, 0.5) is 5.69 Å². The molecule has 2 aliphatic heterocycles. The Labute approximate surface area is 111 Å². The van der Waals surface area contributed by atoms with Crippen LogP contribution in [0.3, 0.4) is 0 Å². The average Bonchev–Trinajstić information content (AvgIpc) is 2.25. The van der Waals surface area contributed by atoms with E-state index >= 15 is 0 Å². The third-order valence-electron chi connectivity index (χ3n) is 4.00. The Bertz CT molecular complexity index is 398. The van der Waals surface area contributed by atoms with Crippen LogP contribution in [0.2, 0.25) is 0 Å². The molecule has 0 amide bonds. The van der Waals surface area contributed by atoms with Crippen LogP contribution in [0.25, 0.3) is 0 Å². The number of ether oxygens (including phenoxy) is 1. The van der Waals surface area contributed by atoms with Gasteiger partial charge in [0.25, 0.3) is 0 Å². The second-order valence-electron chi connectivity index (χ2n) is 5.46. The molecule has 0 unspecified atom stereocenters. The zero-order valence-electron chi connectivity index (χ0n) is 10.2. The molecule has 1 aromatic carbocycles. The molecule has 2 saturated heterocycles. The first-order valence-electron chi connectivity index (χ1n) is 6.27. The van der Waals surface area contributed by atoms with Crippen LogP contribution < -0.4 is 4.90 Å². The first kappa shape index (κ1) is 11.5. The number of halogens is 1. The van der Waals surface area contributed by atoms with Gasteiger partial charge in [-0.2, -0.15) is 0 Å². The van der Waals surface area contributed by atoms with Gasteiger partial charge in [0.1, 0.15) is 0 Å². The van der Waals surface area contributed by atoms with E-state index in [9.17, 15) is 0 Å². The van der Waals surface area contributed by atoms with Gasteiger partial charge in [-0.3, -0.25) is 0 Å². The Balaban J connectivity index is 1.71. The van der Waals surface area contributed by atoms with Crippen LogP contribution in [-0.4, -0.2) is 26.3 Å². The lowest BCUT2D eigenvalue weighted by atomic mass is 9.73. The first-order valence-corrected chi connectivity index (χ1v) is 7.06. The van der Waals surface area contributed by atoms with Crippen LogP contribution in [0.5, 0.6) is 0 Å². The highest BCUT2D eigenvalue weighted by atomic mass is 79.9. The zero-order chi connectivity index (χ0) is 11.9. The maximum absolute atomic E-state index is 5.45. The van der Waals surface area contributed by atoms with Gasteiger partial charge < -0.3 is 9.64 Å². The van der Waals surface area contributed by atoms with Gasteiger partial charge in [0.2, 0.25) is 0 Å². The molecule has 0 N–H and O–H groups in total. The van der Waals surface area contributed by atoms with Crippen LogP contribution in [-0.2, 0) is 4.74 Å². The molecule has 0 saturated carbocycles. The number of aryl methyl sites for hydroxylation is 1. The molecule has 2 fully saturated rings. The summed E-state index contributed by atoms with van der Waals surface area (Å²) in [6.07, 6.45) is 2.47. The molecule has 1 aromatic rings. The maximum atomic E-state index is 5.45. The summed E-state index contributed by atoms with van der Waals surface area (Å²) in [6.45, 7) is 6.45. The highest BCUT2D eigenvalue weighted by Crippen LogP contribution is 2.42. The van der Waals surface area contributed by atoms with E-state index in [-0.39, 0.29) is 0 Å². The number of nitrogens with zero attached hydrogens (tertiary/aromatic N) is 1. The fourth-order valence-corrected chi connectivity index (χ4v) is 3.56. The Kier molecular flexibility index (Phi) is 2.91. The van der Waals surface area contributed by atoms with Gasteiger partial charge in [0.15, 0.2) is 0 Å². The van der Waals surface area contributed by atoms with Gasteiger partial charge in [-0.05, 0) is 43.5 Å². The number of anilines is 1. The number of rotatable bonds is 1. The highest BCUT2D eigenvalue weighted by Gasteiger charge is 2.43. The minimum Gasteiger partial charge on any atom is -0.381 e. The van der Waals surface area contributed by atoms with Crippen molar-refractivity contribution in [2.45, 2.75) is 19.8 Å². The molecule has 3 rings (SSSR count). The number of hydrogen-bond donors (Lipinski definition) is 0. The number of benzene rings is 1. The monoisotopic (exact) mass is 295 g/mol. The Hall–Kier alpha value is -0.540. The first-order chi connectivity index (χ1) is 8.17. The van der Waals surface area contributed by atoms with Gasteiger partial charge in [0.05, 0.1) is 0 Å². The Morgan fingerprint density at radius 3 is 2.53 bits per heavy atom. The standard InChI is InChI=1S/C14H18BrNO/c1-11-6-12(15)8-13(7-11)16-9-14(10-16)2-4-17-5-3-14/h6-8H,2-5,9-10H2,1H3. The fraction of sp³-hybridized carbons (Fsp3) is 0.571. The molecule has 2 heterocycles. The van der Waals surface area contributed by atoms with Crippen molar-refractivity contribution in [1.29, 1.82) is 0 Å². The van der Waals surface area contributed by atoms with Crippen molar-refractivity contribution in [3.8, 4) is 0 Å². The summed E-state index contributed by atoms with van der Waals surface area (Å²) in [4.78, 5) is 2.49. The van der Waals surface area contributed by atoms with Gasteiger partial charge in [0, 0.05) is 41.9 Å². The molecule has 1 spiro atoms. The largest absolute Gasteiger partial charge is 0.381 e. The molecule has 0 aromatic heterocycles. The second-order valence-corrected chi connectivity index (χ2v) is 6.37. The summed E-state index contributed by atoms with van der Waals surface area (Å²) in [5, 5.41) is 0. The lowest BCUT2D eigenvalue weighted by Crippen LogP contribution is -2.58. The van der Waals surface area contributed by atoms with E-state index in [1.54, 1.807) is 0 Å². The summed E-state index contributed by atoms with van der Waals surface area (Å²) >= 11 is 3.58. The van der Waals surface area contributed by atoms with Crippen LogP contribution in [0.15, 0.2) is 22.7 Å². The molecule has 0 bridgehead atoms. The van der Waals surface area contributed by atoms with Crippen molar-refractivity contribution in [1.82, 2.24) is 0 Å². The topological polar surface area (TPSA) is 12.5 Å². The molecule has 0 aliphatic carbocycles. The van der Waals surface area contributed by atoms with E-state index in [2.05, 4.69) is 46.0 Å². The van der Waals surface area contributed by atoms with Gasteiger partial charge in [-0.1, -0.05) is 15.9 Å². The maximum Gasteiger partial charge on any atom is 0.0472 e. The molecule has 0 radical (unpaired) electrons. The molecule has 2 aliphatic rings. The summed E-state index contributed by atoms with van der Waals surface area (Å²) in [5.41, 5.74) is 3.23. The van der Waals surface area contributed by atoms with Crippen LogP contribution in [0, 0.1) is 12.3 Å². The third kappa shape index (κ3) is 2.23. The number of hydrogen-bond acceptors (Lipinski definition) is 2. The average molecular weight is 296 g/mol. The molecule has 0 atom stereocenters. The molecular formula is C14H18BrNO. The molecule has 17 heavy (non-hydrogen) atoms. The van der Waals surface area contributed by atoms with Crippen molar-refractivity contribution in [2.24, 2.45) is 5.41 Å². The molecular weight excluding hydrogens is 278 g/mol. The fourth-order valence-electron chi connectivity index (χ4n) is 2.97. The highest BCUT2D eigenvalue weighted by molar-refractivity contribution is 9.10. The van der Waals surface area contributed by atoms with Crippen molar-refractivity contribution in [3.63, 3.8) is 0 Å². The van der Waals surface area contributed by atoms with Gasteiger partial charge in [-0.25, -0.2) is 0 Å². The minimum atomic E-state index is 0.550. The van der Waals surface area contributed by atoms with E-state index in [0.29, 0.717) is 5.41 Å². The minimum absolute atomic E-state index is 0.550. The van der Waals surface area contributed by atoms with Crippen molar-refractivity contribution in [3.05, 3.63) is 28.2 Å². The summed E-state index contributed by atoms with van der Waals surface area (Å²) in [7, 11) is 0. The molecule has 3 heteroatoms. The lowest BCUT2D eigenvalue weighted by Gasteiger charge is -2.53. The van der Waals surface area contributed by atoms with Crippen LogP contribution >= 0.6 is 15.9 Å². The van der Waals surface area contributed by atoms with E-state index in [1.165, 1.54) is 41.7 Å². The van der Waals surface area contributed by atoms with Gasteiger partial charge >= 0.3 is 0 Å². The molecule has 2 nitrogen and oxygen atoms in total. The summed E-state index contributed by atoms with van der Waals surface area (Å²) in [6, 6.07) is 6.66. The van der Waals surface area contributed by atoms with E-state index in [0.717, 1.165) is 13.2 Å². The zero-order valence-corrected chi connectivity index (χ0v) is 11.8. The van der Waals surface area contributed by atoms with Crippen LogP contribution in [0.1, 0.15) is 18.4 Å². The van der Waals surface area contributed by atoms with E-state index < -0.39 is 0 Å². The smallest absolute Gasteiger partial charge is 0.0472 e. The van der Waals surface area contributed by atoms with E-state index in [4.69, 9.17) is 4.74 Å². The van der Waals surface area contributed by atoms with Gasteiger partial charge in [-0.15, -0.1) is 0 Å². The predicted octanol–water partition coefficient (Wildman–Crippen LogP) is 3.37. The SMILES string of the molecule is Cc1cc(Br)cc(N2CC3(CCOCC3)C2)c1. The Morgan fingerprint density at radius 1 is 1.18 bits per heavy atom. The predicted molar refractivity (Wildman–Crippen MR) is 73.6 cm³/mol. The molecule has 92 valence electrons. The lowest BCUT2D eigenvalue weighted by molar-refractivity contribution is -0.000197. The third-order valence-corrected chi connectivity index (χ3v) is 4.46. The normalized spacial score (nSPS) is 22.6. The summed E-state index contributed by atoms with van der Waals surface area (Å²) < 4.78 is 6.63. The second kappa shape index (κ2) is 4.29. The van der Waals surface area contributed by atoms with Crippen molar-refractivity contribution >= 4 is 21.6 Å².